The molecule has 2 aromatic heterocycles. The summed E-state index contributed by atoms with van der Waals surface area (Å²) in [6.07, 6.45) is -1.57. The van der Waals surface area contributed by atoms with Crippen LogP contribution in [0.2, 0.25) is 0 Å². The van der Waals surface area contributed by atoms with Crippen molar-refractivity contribution in [3.63, 3.8) is 0 Å². The summed E-state index contributed by atoms with van der Waals surface area (Å²) in [5, 5.41) is 9.39. The lowest BCUT2D eigenvalue weighted by molar-refractivity contribution is -0.141. The predicted octanol–water partition coefficient (Wildman–Crippen LogP) is 2.52. The molecule has 8 heteroatoms. The molecule has 0 unspecified atom stereocenters. The second-order valence-electron chi connectivity index (χ2n) is 5.32. The molecule has 0 amide bonds. The van der Waals surface area contributed by atoms with E-state index in [1.807, 2.05) is 0 Å². The van der Waals surface area contributed by atoms with Gasteiger partial charge >= 0.3 is 6.18 Å². The van der Waals surface area contributed by atoms with E-state index in [-0.39, 0.29) is 30.0 Å². The quantitative estimate of drug-likeness (QED) is 0.940. The summed E-state index contributed by atoms with van der Waals surface area (Å²) in [4.78, 5) is 13.6. The Morgan fingerprint density at radius 2 is 2.09 bits per heavy atom. The number of hydrogen-bond donors (Lipinski definition) is 1. The van der Waals surface area contributed by atoms with E-state index in [0.717, 1.165) is 18.9 Å². The van der Waals surface area contributed by atoms with Crippen molar-refractivity contribution in [2.24, 2.45) is 0 Å². The molecule has 0 bridgehead atoms. The van der Waals surface area contributed by atoms with Gasteiger partial charge in [-0.1, -0.05) is 6.07 Å². The third kappa shape index (κ3) is 3.26. The molecule has 2 aromatic rings. The lowest BCUT2D eigenvalue weighted by Gasteiger charge is -2.25. The van der Waals surface area contributed by atoms with E-state index in [9.17, 15) is 18.3 Å². The van der Waals surface area contributed by atoms with Crippen LogP contribution in [-0.2, 0) is 6.18 Å². The smallest absolute Gasteiger partial charge is 0.394 e. The number of aliphatic hydroxyl groups excluding tert-OH is 1. The zero-order valence-corrected chi connectivity index (χ0v) is 12.2. The summed E-state index contributed by atoms with van der Waals surface area (Å²) in [5.74, 6) is 0.101. The average molecular weight is 324 g/mol. The molecule has 1 aliphatic heterocycles. The molecule has 0 spiro atoms. The molecule has 1 aliphatic rings. The van der Waals surface area contributed by atoms with Crippen LogP contribution < -0.4 is 4.90 Å². The van der Waals surface area contributed by atoms with Crippen LogP contribution in [0.3, 0.4) is 0 Å². The van der Waals surface area contributed by atoms with E-state index in [1.165, 1.54) is 6.20 Å². The van der Waals surface area contributed by atoms with Crippen molar-refractivity contribution in [2.45, 2.75) is 25.1 Å². The maximum Gasteiger partial charge on any atom is 0.433 e. The number of hydrogen-bond acceptors (Lipinski definition) is 5. The second kappa shape index (κ2) is 6.11. The number of rotatable bonds is 3. The van der Waals surface area contributed by atoms with Gasteiger partial charge in [-0.05, 0) is 25.0 Å². The van der Waals surface area contributed by atoms with Gasteiger partial charge in [0.1, 0.15) is 11.5 Å². The Bertz CT molecular complexity index is 678. The summed E-state index contributed by atoms with van der Waals surface area (Å²) in [5.41, 5.74) is -0.730. The van der Waals surface area contributed by atoms with Crippen molar-refractivity contribution >= 4 is 5.82 Å². The van der Waals surface area contributed by atoms with E-state index < -0.39 is 11.9 Å². The van der Waals surface area contributed by atoms with Crippen LogP contribution in [0.5, 0.6) is 0 Å². The molecule has 1 fully saturated rings. The van der Waals surface area contributed by atoms with Gasteiger partial charge in [-0.15, -0.1) is 0 Å². The summed E-state index contributed by atoms with van der Waals surface area (Å²) >= 11 is 0. The minimum atomic E-state index is -4.57. The van der Waals surface area contributed by atoms with Gasteiger partial charge in [0.15, 0.2) is 11.5 Å². The number of halogens is 3. The van der Waals surface area contributed by atoms with Crippen LogP contribution in [-0.4, -0.2) is 39.3 Å². The number of aromatic nitrogens is 3. The molecule has 1 N–H and O–H groups in total. The first-order valence-corrected chi connectivity index (χ1v) is 7.24. The largest absolute Gasteiger partial charge is 0.433 e. The lowest BCUT2D eigenvalue weighted by Crippen LogP contribution is -2.33. The standard InChI is InChI=1S/C15H15F3N4O/c16-15(17,18)12-8-13(22-7-3-4-10(22)9-23)21-14(20-12)11-5-1-2-6-19-11/h1-2,5-6,8,10,23H,3-4,7,9H2/t10-/m1/s1. The molecule has 1 atom stereocenters. The average Bonchev–Trinajstić information content (AvgIpc) is 3.03. The van der Waals surface area contributed by atoms with Crippen molar-refractivity contribution < 1.29 is 18.3 Å². The second-order valence-corrected chi connectivity index (χ2v) is 5.32. The van der Waals surface area contributed by atoms with Crippen LogP contribution >= 0.6 is 0 Å². The maximum atomic E-state index is 13.2. The van der Waals surface area contributed by atoms with Crippen LogP contribution in [0.4, 0.5) is 19.0 Å². The monoisotopic (exact) mass is 324 g/mol. The first kappa shape index (κ1) is 15.7. The van der Waals surface area contributed by atoms with Gasteiger partial charge in [-0.3, -0.25) is 4.98 Å². The van der Waals surface area contributed by atoms with Crippen LogP contribution in [0.1, 0.15) is 18.5 Å². The van der Waals surface area contributed by atoms with Gasteiger partial charge in [0.05, 0.1) is 12.6 Å². The fourth-order valence-electron chi connectivity index (χ4n) is 2.66. The van der Waals surface area contributed by atoms with Crippen molar-refractivity contribution in [2.75, 3.05) is 18.1 Å². The van der Waals surface area contributed by atoms with Gasteiger partial charge in [-0.2, -0.15) is 13.2 Å². The Labute approximate surface area is 130 Å². The SMILES string of the molecule is OC[C@H]1CCCN1c1cc(C(F)(F)F)nc(-c2ccccn2)n1. The van der Waals surface area contributed by atoms with Crippen LogP contribution in [0.25, 0.3) is 11.5 Å². The van der Waals surface area contributed by atoms with Crippen molar-refractivity contribution in [1.29, 1.82) is 0 Å². The molecular weight excluding hydrogens is 309 g/mol. The summed E-state index contributed by atoms with van der Waals surface area (Å²) < 4.78 is 39.5. The maximum absolute atomic E-state index is 13.2. The molecule has 5 nitrogen and oxygen atoms in total. The Hall–Kier alpha value is -2.22. The normalized spacial score (nSPS) is 18.4. The number of pyridine rings is 1. The molecular formula is C15H15F3N4O. The van der Waals surface area contributed by atoms with E-state index in [2.05, 4.69) is 15.0 Å². The van der Waals surface area contributed by atoms with E-state index >= 15 is 0 Å². The highest BCUT2D eigenvalue weighted by Gasteiger charge is 2.35. The van der Waals surface area contributed by atoms with Gasteiger partial charge in [-0.25, -0.2) is 9.97 Å². The Balaban J connectivity index is 2.09. The van der Waals surface area contributed by atoms with Crippen molar-refractivity contribution in [1.82, 2.24) is 15.0 Å². The molecule has 0 aromatic carbocycles. The minimum absolute atomic E-state index is 0.0704. The first-order chi connectivity index (χ1) is 11.0. The molecule has 0 radical (unpaired) electrons. The molecule has 122 valence electrons. The lowest BCUT2D eigenvalue weighted by atomic mass is 10.2. The number of alkyl halides is 3. The molecule has 23 heavy (non-hydrogen) atoms. The van der Waals surface area contributed by atoms with E-state index in [0.29, 0.717) is 6.54 Å². The summed E-state index contributed by atoms with van der Waals surface area (Å²) in [6, 6.07) is 5.61. The first-order valence-electron chi connectivity index (χ1n) is 7.24. The fraction of sp³-hybridized carbons (Fsp3) is 0.400. The van der Waals surface area contributed by atoms with Gasteiger partial charge in [0.25, 0.3) is 0 Å². The highest BCUT2D eigenvalue weighted by Crippen LogP contribution is 2.33. The third-order valence-corrected chi connectivity index (χ3v) is 3.78. The highest BCUT2D eigenvalue weighted by molar-refractivity contribution is 5.54. The number of aliphatic hydroxyl groups is 1. The summed E-state index contributed by atoms with van der Waals surface area (Å²) in [6.45, 7) is 0.436. The zero-order valence-electron chi connectivity index (χ0n) is 12.2. The predicted molar refractivity (Wildman–Crippen MR) is 77.7 cm³/mol. The topological polar surface area (TPSA) is 62.1 Å². The van der Waals surface area contributed by atoms with Gasteiger partial charge in [0.2, 0.25) is 0 Å². The molecule has 3 rings (SSSR count). The number of nitrogens with zero attached hydrogens (tertiary/aromatic N) is 4. The number of anilines is 1. The van der Waals surface area contributed by atoms with Gasteiger partial charge in [0, 0.05) is 18.8 Å². The highest BCUT2D eigenvalue weighted by atomic mass is 19.4. The zero-order chi connectivity index (χ0) is 16.4. The van der Waals surface area contributed by atoms with Crippen LogP contribution in [0.15, 0.2) is 30.5 Å². The molecule has 1 saturated heterocycles. The summed E-state index contributed by atoms with van der Waals surface area (Å²) in [7, 11) is 0. The minimum Gasteiger partial charge on any atom is -0.394 e. The Morgan fingerprint density at radius 1 is 1.26 bits per heavy atom. The van der Waals surface area contributed by atoms with E-state index in [4.69, 9.17) is 0 Å². The van der Waals surface area contributed by atoms with E-state index in [1.54, 1.807) is 23.1 Å². The molecule has 0 aliphatic carbocycles. The molecule has 3 heterocycles. The Morgan fingerprint density at radius 3 is 2.74 bits per heavy atom. The third-order valence-electron chi connectivity index (χ3n) is 3.78. The Kier molecular flexibility index (Phi) is 4.16. The molecule has 0 saturated carbocycles. The fourth-order valence-corrected chi connectivity index (χ4v) is 2.66. The van der Waals surface area contributed by atoms with Crippen molar-refractivity contribution in [3.05, 3.63) is 36.2 Å². The van der Waals surface area contributed by atoms with Gasteiger partial charge < -0.3 is 10.0 Å². The van der Waals surface area contributed by atoms with Crippen molar-refractivity contribution in [3.8, 4) is 11.5 Å². The van der Waals surface area contributed by atoms with Crippen LogP contribution in [0, 0.1) is 0 Å².